The maximum absolute atomic E-state index is 13.1. The van der Waals surface area contributed by atoms with Crippen molar-refractivity contribution in [1.82, 2.24) is 0 Å². The van der Waals surface area contributed by atoms with Gasteiger partial charge in [-0.2, -0.15) is 0 Å². The molecule has 4 rings (SSSR count). The van der Waals surface area contributed by atoms with E-state index in [0.717, 1.165) is 11.3 Å². The predicted molar refractivity (Wildman–Crippen MR) is 113 cm³/mol. The highest BCUT2D eigenvalue weighted by atomic mass is 35.5. The number of carbonyl (C=O) groups is 4. The number of thiophene rings is 1. The first-order chi connectivity index (χ1) is 14.4. The molecule has 0 aliphatic heterocycles. The molecular formula is C22H14ClNO5S. The van der Waals surface area contributed by atoms with Crippen molar-refractivity contribution in [3.8, 4) is 0 Å². The smallest absolute Gasteiger partial charge is 0.341 e. The quantitative estimate of drug-likeness (QED) is 0.469. The Morgan fingerprint density at radius 3 is 2.27 bits per heavy atom. The lowest BCUT2D eigenvalue weighted by Gasteiger charge is -2.14. The zero-order valence-electron chi connectivity index (χ0n) is 15.7. The summed E-state index contributed by atoms with van der Waals surface area (Å²) in [5.74, 6) is -2.11. The van der Waals surface area contributed by atoms with Crippen molar-refractivity contribution in [3.05, 3.63) is 86.2 Å². The number of ether oxygens (including phenoxy) is 1. The number of amides is 1. The molecule has 1 aliphatic carbocycles. The van der Waals surface area contributed by atoms with E-state index in [1.54, 1.807) is 37.3 Å². The number of anilines is 1. The number of carbonyl (C=O) groups excluding carboxylic acids is 4. The average molecular weight is 440 g/mol. The topological polar surface area (TPSA) is 89.5 Å². The van der Waals surface area contributed by atoms with Crippen molar-refractivity contribution >= 4 is 51.4 Å². The summed E-state index contributed by atoms with van der Waals surface area (Å²) in [5.41, 5.74) is 0.651. The fraction of sp³-hybridized carbons (Fsp3) is 0.0909. The first-order valence-corrected chi connectivity index (χ1v) is 10.2. The molecule has 6 nitrogen and oxygen atoms in total. The van der Waals surface area contributed by atoms with E-state index in [0.29, 0.717) is 10.6 Å². The molecule has 1 aromatic heterocycles. The summed E-state index contributed by atoms with van der Waals surface area (Å²) < 4.78 is 5.10. The van der Waals surface area contributed by atoms with Crippen LogP contribution < -0.4 is 5.32 Å². The van der Waals surface area contributed by atoms with E-state index in [2.05, 4.69) is 5.32 Å². The highest BCUT2D eigenvalue weighted by Crippen LogP contribution is 2.40. The standard InChI is InChI=1S/C22H14ClNO5S/c1-2-29-22(28)16-15-17(25)13-5-3-4-6-14(13)18(26)19(15)30-21(16)24-20(27)11-7-9-12(23)10-8-11/h3-10H,2H2,1H3,(H,24,27). The van der Waals surface area contributed by atoms with Crippen LogP contribution in [0.25, 0.3) is 0 Å². The van der Waals surface area contributed by atoms with Gasteiger partial charge in [0.15, 0.2) is 5.78 Å². The summed E-state index contributed by atoms with van der Waals surface area (Å²) >= 11 is 6.75. The molecule has 0 fully saturated rings. The van der Waals surface area contributed by atoms with Crippen LogP contribution in [0, 0.1) is 0 Å². The molecule has 1 heterocycles. The van der Waals surface area contributed by atoms with Crippen LogP contribution in [0.3, 0.4) is 0 Å². The lowest BCUT2D eigenvalue weighted by Crippen LogP contribution is -2.22. The second-order valence-electron chi connectivity index (χ2n) is 6.40. The van der Waals surface area contributed by atoms with Gasteiger partial charge < -0.3 is 10.1 Å². The minimum Gasteiger partial charge on any atom is -0.462 e. The number of esters is 1. The molecule has 150 valence electrons. The van der Waals surface area contributed by atoms with Gasteiger partial charge in [0.1, 0.15) is 10.6 Å². The van der Waals surface area contributed by atoms with E-state index in [1.807, 2.05) is 0 Å². The van der Waals surface area contributed by atoms with Crippen LogP contribution in [0.5, 0.6) is 0 Å². The van der Waals surface area contributed by atoms with Gasteiger partial charge in [-0.05, 0) is 31.2 Å². The van der Waals surface area contributed by atoms with Gasteiger partial charge in [-0.25, -0.2) is 4.79 Å². The van der Waals surface area contributed by atoms with Crippen LogP contribution in [-0.4, -0.2) is 30.0 Å². The molecule has 30 heavy (non-hydrogen) atoms. The van der Waals surface area contributed by atoms with Crippen LogP contribution in [0.2, 0.25) is 5.02 Å². The molecule has 0 unspecified atom stereocenters. The molecule has 1 N–H and O–H groups in total. The van der Waals surface area contributed by atoms with Crippen molar-refractivity contribution in [3.63, 3.8) is 0 Å². The number of rotatable bonds is 4. The van der Waals surface area contributed by atoms with Crippen LogP contribution in [-0.2, 0) is 4.74 Å². The number of hydrogen-bond acceptors (Lipinski definition) is 6. The van der Waals surface area contributed by atoms with Gasteiger partial charge in [-0.3, -0.25) is 14.4 Å². The number of nitrogens with one attached hydrogen (secondary N) is 1. The Kier molecular flexibility index (Phi) is 5.24. The molecule has 0 spiro atoms. The zero-order valence-corrected chi connectivity index (χ0v) is 17.2. The van der Waals surface area contributed by atoms with Crippen LogP contribution in [0.15, 0.2) is 48.5 Å². The monoisotopic (exact) mass is 439 g/mol. The number of benzene rings is 2. The maximum atomic E-state index is 13.1. The van der Waals surface area contributed by atoms with E-state index >= 15 is 0 Å². The second kappa shape index (κ2) is 7.85. The molecule has 3 aromatic rings. The Hall–Kier alpha value is -3.29. The summed E-state index contributed by atoms with van der Waals surface area (Å²) in [6.07, 6.45) is 0. The third-order valence-electron chi connectivity index (χ3n) is 4.57. The number of halogens is 1. The fourth-order valence-electron chi connectivity index (χ4n) is 3.21. The van der Waals surface area contributed by atoms with Gasteiger partial charge in [0.25, 0.3) is 5.91 Å². The molecule has 1 aliphatic rings. The summed E-state index contributed by atoms with van der Waals surface area (Å²) in [5, 5.41) is 3.20. The molecule has 2 aromatic carbocycles. The summed E-state index contributed by atoms with van der Waals surface area (Å²) in [6.45, 7) is 1.71. The van der Waals surface area contributed by atoms with Crippen molar-refractivity contribution in [1.29, 1.82) is 0 Å². The number of fused-ring (bicyclic) bond motifs is 2. The average Bonchev–Trinajstić information content (AvgIpc) is 3.12. The third kappa shape index (κ3) is 3.32. The van der Waals surface area contributed by atoms with E-state index < -0.39 is 17.7 Å². The largest absolute Gasteiger partial charge is 0.462 e. The van der Waals surface area contributed by atoms with Gasteiger partial charge in [0.05, 0.1) is 17.0 Å². The SMILES string of the molecule is CCOC(=O)c1c(NC(=O)c2ccc(Cl)cc2)sc2c1C(=O)c1ccccc1C2=O. The van der Waals surface area contributed by atoms with Crippen molar-refractivity contribution in [2.75, 3.05) is 11.9 Å². The van der Waals surface area contributed by atoms with Crippen molar-refractivity contribution in [2.45, 2.75) is 6.92 Å². The normalized spacial score (nSPS) is 12.2. The summed E-state index contributed by atoms with van der Waals surface area (Å²) in [4.78, 5) is 51.5. The van der Waals surface area contributed by atoms with E-state index in [4.69, 9.17) is 16.3 Å². The number of ketones is 2. The lowest BCUT2D eigenvalue weighted by molar-refractivity contribution is 0.0525. The lowest BCUT2D eigenvalue weighted by atomic mass is 9.87. The minimum absolute atomic E-state index is 0.0337. The van der Waals surface area contributed by atoms with Crippen LogP contribution in [0.1, 0.15) is 58.8 Å². The first-order valence-electron chi connectivity index (χ1n) is 9.01. The van der Waals surface area contributed by atoms with Gasteiger partial charge in [-0.1, -0.05) is 35.9 Å². The van der Waals surface area contributed by atoms with Crippen LogP contribution in [0.4, 0.5) is 5.00 Å². The Balaban J connectivity index is 1.82. The highest BCUT2D eigenvalue weighted by Gasteiger charge is 2.38. The Labute approximate surface area is 180 Å². The second-order valence-corrected chi connectivity index (χ2v) is 7.85. The molecule has 0 radical (unpaired) electrons. The molecule has 1 amide bonds. The van der Waals surface area contributed by atoms with Crippen molar-refractivity contribution < 1.29 is 23.9 Å². The minimum atomic E-state index is -0.776. The van der Waals surface area contributed by atoms with E-state index in [1.165, 1.54) is 18.2 Å². The third-order valence-corrected chi connectivity index (χ3v) is 5.93. The van der Waals surface area contributed by atoms with Gasteiger partial charge in [0.2, 0.25) is 5.78 Å². The number of hydrogen-bond donors (Lipinski definition) is 1. The molecular weight excluding hydrogens is 426 g/mol. The Morgan fingerprint density at radius 2 is 1.63 bits per heavy atom. The Morgan fingerprint density at radius 1 is 1.00 bits per heavy atom. The highest BCUT2D eigenvalue weighted by molar-refractivity contribution is 7.19. The van der Waals surface area contributed by atoms with Crippen LogP contribution >= 0.6 is 22.9 Å². The van der Waals surface area contributed by atoms with Gasteiger partial charge in [0, 0.05) is 21.7 Å². The molecule has 0 bridgehead atoms. The molecule has 0 atom stereocenters. The van der Waals surface area contributed by atoms with Gasteiger partial charge >= 0.3 is 5.97 Å². The van der Waals surface area contributed by atoms with Gasteiger partial charge in [-0.15, -0.1) is 11.3 Å². The van der Waals surface area contributed by atoms with Crippen molar-refractivity contribution in [2.24, 2.45) is 0 Å². The van der Waals surface area contributed by atoms with E-state index in [-0.39, 0.29) is 44.5 Å². The molecule has 0 saturated heterocycles. The molecule has 8 heteroatoms. The molecule has 0 saturated carbocycles. The Bertz CT molecular complexity index is 1210. The summed E-state index contributed by atoms with van der Waals surface area (Å²) in [6, 6.07) is 12.6. The maximum Gasteiger partial charge on any atom is 0.341 e. The summed E-state index contributed by atoms with van der Waals surface area (Å²) in [7, 11) is 0. The zero-order chi connectivity index (χ0) is 21.4. The first kappa shape index (κ1) is 20.0. The fourth-order valence-corrected chi connectivity index (χ4v) is 4.47. The van der Waals surface area contributed by atoms with E-state index in [9.17, 15) is 19.2 Å². The predicted octanol–water partition coefficient (Wildman–Crippen LogP) is 4.61.